The topological polar surface area (TPSA) is 198 Å². The number of carbonyl (C=O) groups is 5. The Labute approximate surface area is 372 Å². The fourth-order valence-corrected chi connectivity index (χ4v) is 8.87. The fourth-order valence-electron chi connectivity index (χ4n) is 8.69. The van der Waals surface area contributed by atoms with Gasteiger partial charge >= 0.3 is 11.8 Å². The molecule has 2 aromatic carbocycles. The van der Waals surface area contributed by atoms with Crippen LogP contribution < -0.4 is 14.8 Å². The Bertz CT molecular complexity index is 2330. The Morgan fingerprint density at radius 2 is 1.52 bits per heavy atom. The summed E-state index contributed by atoms with van der Waals surface area (Å²) in [6.07, 6.45) is 5.52. The van der Waals surface area contributed by atoms with Gasteiger partial charge in [-0.2, -0.15) is 0 Å². The van der Waals surface area contributed by atoms with Crippen molar-refractivity contribution < 1.29 is 58.2 Å². The van der Waals surface area contributed by atoms with Crippen LogP contribution in [0, 0.1) is 37.5 Å². The molecule has 0 spiro atoms. The predicted octanol–water partition coefficient (Wildman–Crippen LogP) is 6.35. The monoisotopic (exact) mass is 888 g/mol. The van der Waals surface area contributed by atoms with Crippen molar-refractivity contribution in [2.24, 2.45) is 23.7 Å². The quantitative estimate of drug-likeness (QED) is 0.196. The molecule has 1 aliphatic carbocycles. The summed E-state index contributed by atoms with van der Waals surface area (Å²) in [6, 6.07) is 4.53. The highest BCUT2D eigenvalue weighted by atomic mass is 35.5. The standard InChI is InChI=1S/C48H57ClN2O12/c1-23-16-17-30(22-31(23)49)47(59)62-43-29(7)44-35-33-34(43)41(55)36(37(42(33)56)51-19-11-10-12-20-51)50-46(58)25(3)15-13-14-24(2)38(52)27(5)40(54)28(6)39(53)26(4)32(60-9)18-21-61-48(8,63-44)45(35)57/h13-18,21-22,24,26-28,32,38-40,52-54H,10-12,19-20H2,1-9H3,(H,50,58). The van der Waals surface area contributed by atoms with E-state index in [-0.39, 0.29) is 55.7 Å². The van der Waals surface area contributed by atoms with Crippen LogP contribution in [0.1, 0.15) is 113 Å². The number of Topliss-reactive ketones (excluding diaryl/α,β-unsaturated/α-hetero) is 3. The van der Waals surface area contributed by atoms with Crippen LogP contribution in [-0.4, -0.2) is 99.8 Å². The molecule has 4 N–H and O–H groups in total. The maximum absolute atomic E-state index is 15.2. The molecule has 9 atom stereocenters. The molecule has 0 aromatic heterocycles. The fraction of sp³-hybridized carbons (Fsp3) is 0.479. The van der Waals surface area contributed by atoms with E-state index in [1.54, 1.807) is 57.7 Å². The number of hydrogen-bond acceptors (Lipinski definition) is 13. The number of amides is 1. The highest BCUT2D eigenvalue weighted by Crippen LogP contribution is 2.50. The first-order chi connectivity index (χ1) is 29.7. The Kier molecular flexibility index (Phi) is 14.2. The van der Waals surface area contributed by atoms with Crippen LogP contribution >= 0.6 is 11.6 Å². The number of methoxy groups -OCH3 is 1. The summed E-state index contributed by atoms with van der Waals surface area (Å²) < 4.78 is 24.0. The Hall–Kier alpha value is -5.12. The number of rotatable bonds is 4. The second-order valence-corrected chi connectivity index (χ2v) is 17.7. The number of ether oxygens (including phenoxy) is 4. The third-order valence-corrected chi connectivity index (χ3v) is 13.3. The van der Waals surface area contributed by atoms with E-state index in [0.29, 0.717) is 31.5 Å². The number of ketones is 3. The molecule has 5 aliphatic rings. The first-order valence-corrected chi connectivity index (χ1v) is 21.7. The molecule has 2 aromatic rings. The zero-order valence-corrected chi connectivity index (χ0v) is 37.9. The molecule has 1 fully saturated rings. The van der Waals surface area contributed by atoms with Crippen LogP contribution in [0.15, 0.2) is 65.7 Å². The van der Waals surface area contributed by atoms with E-state index >= 15 is 9.59 Å². The van der Waals surface area contributed by atoms with Gasteiger partial charge in [-0.25, -0.2) is 4.79 Å². The summed E-state index contributed by atoms with van der Waals surface area (Å²) in [5, 5.41) is 37.0. The van der Waals surface area contributed by atoms with Crippen molar-refractivity contribution in [1.29, 1.82) is 0 Å². The van der Waals surface area contributed by atoms with Gasteiger partial charge in [0.1, 0.15) is 22.9 Å². The first kappa shape index (κ1) is 47.4. The van der Waals surface area contributed by atoms with E-state index in [1.165, 1.54) is 58.4 Å². The molecule has 338 valence electrons. The molecule has 9 unspecified atom stereocenters. The number of halogens is 1. The lowest BCUT2D eigenvalue weighted by Crippen LogP contribution is -2.45. The molecule has 0 saturated carbocycles. The number of esters is 1. The average molecular weight is 889 g/mol. The lowest BCUT2D eigenvalue weighted by atomic mass is 9.78. The first-order valence-electron chi connectivity index (χ1n) is 21.3. The number of nitrogens with zero attached hydrogens (tertiary/aromatic N) is 1. The van der Waals surface area contributed by atoms with Crippen molar-refractivity contribution in [2.45, 2.75) is 105 Å². The van der Waals surface area contributed by atoms with Crippen LogP contribution in [-0.2, 0) is 14.3 Å². The number of hydrogen-bond donors (Lipinski definition) is 4. The molecule has 63 heavy (non-hydrogen) atoms. The zero-order chi connectivity index (χ0) is 46.2. The largest absolute Gasteiger partial charge is 0.454 e. The summed E-state index contributed by atoms with van der Waals surface area (Å²) in [6.45, 7) is 13.7. The number of aryl methyl sites for hydroxylation is 1. The number of aliphatic hydroxyl groups is 3. The zero-order valence-electron chi connectivity index (χ0n) is 37.1. The molecule has 5 bridgehead atoms. The molecule has 1 amide bonds. The minimum Gasteiger partial charge on any atom is -0.454 e. The second-order valence-electron chi connectivity index (χ2n) is 17.3. The van der Waals surface area contributed by atoms with Crippen molar-refractivity contribution in [3.05, 3.63) is 104 Å². The Morgan fingerprint density at radius 1 is 0.873 bits per heavy atom. The van der Waals surface area contributed by atoms with E-state index in [1.807, 2.05) is 0 Å². The predicted molar refractivity (Wildman–Crippen MR) is 234 cm³/mol. The number of carbonyl (C=O) groups excluding carboxylic acids is 5. The average Bonchev–Trinajstić information content (AvgIpc) is 3.53. The van der Waals surface area contributed by atoms with Gasteiger partial charge in [0.25, 0.3) is 11.7 Å². The summed E-state index contributed by atoms with van der Waals surface area (Å²) in [7, 11) is 1.43. The van der Waals surface area contributed by atoms with E-state index in [2.05, 4.69) is 5.32 Å². The SMILES string of the molecule is COC1C=COC2(C)Oc3c(C)c(OC(=O)c4ccc(C)c(Cl)c4)c4c(c3C2=O)C(=O)C(N2CCCCC2)=C(NC(=O)C(C)=CC=CC(C)C(O)C(C)C(O)C(C)C(O)C1C)C4=O. The molecular formula is C48H57ClN2O12. The van der Waals surface area contributed by atoms with E-state index in [4.69, 9.17) is 30.5 Å². The summed E-state index contributed by atoms with van der Waals surface area (Å²) in [5.41, 5.74) is -0.596. The van der Waals surface area contributed by atoms with Crippen molar-refractivity contribution in [3.63, 3.8) is 0 Å². The second kappa shape index (κ2) is 18.9. The van der Waals surface area contributed by atoms with Gasteiger partial charge in [0.15, 0.2) is 0 Å². The molecule has 4 aliphatic heterocycles. The minimum atomic E-state index is -2.12. The van der Waals surface area contributed by atoms with Gasteiger partial charge in [-0.15, -0.1) is 0 Å². The van der Waals surface area contributed by atoms with Crippen LogP contribution in [0.4, 0.5) is 0 Å². The normalized spacial score (nSPS) is 29.6. The third kappa shape index (κ3) is 9.01. The Balaban J connectivity index is 1.55. The highest BCUT2D eigenvalue weighted by Gasteiger charge is 2.53. The smallest absolute Gasteiger partial charge is 0.343 e. The van der Waals surface area contributed by atoms with E-state index < -0.39 is 88.7 Å². The summed E-state index contributed by atoms with van der Waals surface area (Å²) in [4.78, 5) is 74.7. The number of nitrogens with one attached hydrogen (secondary N) is 1. The van der Waals surface area contributed by atoms with Crippen LogP contribution in [0.2, 0.25) is 5.02 Å². The highest BCUT2D eigenvalue weighted by molar-refractivity contribution is 6.33. The molecular weight excluding hydrogens is 832 g/mol. The number of benzene rings is 2. The molecule has 7 rings (SSSR count). The van der Waals surface area contributed by atoms with Crippen molar-refractivity contribution in [1.82, 2.24) is 10.2 Å². The Morgan fingerprint density at radius 3 is 2.17 bits per heavy atom. The lowest BCUT2D eigenvalue weighted by molar-refractivity contribution is -0.116. The van der Waals surface area contributed by atoms with Crippen LogP contribution in [0.3, 0.4) is 0 Å². The molecule has 4 heterocycles. The number of allylic oxidation sites excluding steroid dienone is 4. The van der Waals surface area contributed by atoms with Crippen LogP contribution in [0.5, 0.6) is 11.5 Å². The van der Waals surface area contributed by atoms with Crippen molar-refractivity contribution in [2.75, 3.05) is 20.2 Å². The molecule has 1 saturated heterocycles. The maximum atomic E-state index is 15.2. The van der Waals surface area contributed by atoms with Gasteiger partial charge in [0, 0.05) is 67.0 Å². The maximum Gasteiger partial charge on any atom is 0.343 e. The van der Waals surface area contributed by atoms with Gasteiger partial charge < -0.3 is 44.5 Å². The van der Waals surface area contributed by atoms with Crippen molar-refractivity contribution >= 4 is 40.8 Å². The minimum absolute atomic E-state index is 0.0320. The number of piperidine rings is 1. The van der Waals surface area contributed by atoms with E-state index in [9.17, 15) is 29.7 Å². The summed E-state index contributed by atoms with van der Waals surface area (Å²) in [5.74, 6) is -9.26. The number of likely N-dealkylation sites (tertiary alicyclic amines) is 1. The molecule has 0 radical (unpaired) electrons. The van der Waals surface area contributed by atoms with Gasteiger partial charge in [0.2, 0.25) is 11.6 Å². The van der Waals surface area contributed by atoms with Gasteiger partial charge in [-0.1, -0.05) is 63.6 Å². The lowest BCUT2D eigenvalue weighted by Gasteiger charge is -2.36. The van der Waals surface area contributed by atoms with Gasteiger partial charge in [-0.05, 0) is 63.8 Å². The number of fused-ring (bicyclic) bond motifs is 14. The van der Waals surface area contributed by atoms with E-state index in [0.717, 1.165) is 6.42 Å². The third-order valence-electron chi connectivity index (χ3n) is 12.9. The molecule has 15 heteroatoms. The summed E-state index contributed by atoms with van der Waals surface area (Å²) >= 11 is 6.36. The van der Waals surface area contributed by atoms with Gasteiger partial charge in [-0.3, -0.25) is 19.2 Å². The molecule has 14 nitrogen and oxygen atoms in total. The van der Waals surface area contributed by atoms with Crippen molar-refractivity contribution in [3.8, 4) is 11.5 Å². The van der Waals surface area contributed by atoms with Gasteiger partial charge in [0.05, 0.1) is 52.9 Å². The van der Waals surface area contributed by atoms with Crippen LogP contribution in [0.25, 0.3) is 0 Å². The number of aliphatic hydroxyl groups excluding tert-OH is 3.